The molecule has 1 fully saturated rings. The molecule has 9 heteroatoms. The molecule has 0 saturated carbocycles. The Hall–Kier alpha value is -1.38. The van der Waals surface area contributed by atoms with Crippen LogP contribution < -0.4 is 5.32 Å². The molecule has 0 bridgehead atoms. The van der Waals surface area contributed by atoms with Crippen molar-refractivity contribution in [3.8, 4) is 0 Å². The summed E-state index contributed by atoms with van der Waals surface area (Å²) in [4.78, 5) is 35.3. The largest absolute Gasteiger partial charge is 0.353 e. The third-order valence-electron chi connectivity index (χ3n) is 3.28. The van der Waals surface area contributed by atoms with Gasteiger partial charge in [0.1, 0.15) is 16.2 Å². The number of thiophene rings is 1. The third kappa shape index (κ3) is 3.04. The summed E-state index contributed by atoms with van der Waals surface area (Å²) in [5.41, 5.74) is 0. The molecule has 22 heavy (non-hydrogen) atoms. The average Bonchev–Trinajstić information content (AvgIpc) is 2.80. The number of carbonyl (C=O) groups is 2. The van der Waals surface area contributed by atoms with Gasteiger partial charge in [0.05, 0.1) is 22.7 Å². The zero-order valence-electron chi connectivity index (χ0n) is 11.8. The van der Waals surface area contributed by atoms with Gasteiger partial charge >= 0.3 is 0 Å². The molecule has 2 aromatic heterocycles. The highest BCUT2D eigenvalue weighted by atomic mass is 35.5. The lowest BCUT2D eigenvalue weighted by atomic mass is 10.3. The van der Waals surface area contributed by atoms with Gasteiger partial charge in [-0.05, 0) is 6.92 Å². The number of nitrogens with zero attached hydrogens (tertiary/aromatic N) is 3. The highest BCUT2D eigenvalue weighted by Crippen LogP contribution is 2.38. The first-order valence-corrected chi connectivity index (χ1v) is 8.81. The Morgan fingerprint density at radius 1 is 1.55 bits per heavy atom. The second-order valence-corrected chi connectivity index (χ2v) is 7.33. The first-order chi connectivity index (χ1) is 10.6. The fourth-order valence-electron chi connectivity index (χ4n) is 2.17. The van der Waals surface area contributed by atoms with E-state index in [9.17, 15) is 9.59 Å². The molecule has 0 radical (unpaired) electrons. The van der Waals surface area contributed by atoms with E-state index in [1.54, 1.807) is 4.90 Å². The Morgan fingerprint density at radius 2 is 2.36 bits per heavy atom. The molecule has 0 aliphatic carbocycles. The van der Waals surface area contributed by atoms with Gasteiger partial charge in [0.25, 0.3) is 0 Å². The van der Waals surface area contributed by atoms with Crippen molar-refractivity contribution < 1.29 is 9.59 Å². The average molecular weight is 357 g/mol. The van der Waals surface area contributed by atoms with E-state index in [-0.39, 0.29) is 24.1 Å². The van der Waals surface area contributed by atoms with Crippen molar-refractivity contribution in [1.82, 2.24) is 20.2 Å². The Kier molecular flexibility index (Phi) is 4.51. The Morgan fingerprint density at radius 3 is 3.14 bits per heavy atom. The van der Waals surface area contributed by atoms with Crippen LogP contribution in [0.25, 0.3) is 10.2 Å². The van der Waals surface area contributed by atoms with Crippen LogP contribution in [0, 0.1) is 6.92 Å². The molecule has 116 valence electrons. The minimum atomic E-state index is -0.120. The summed E-state index contributed by atoms with van der Waals surface area (Å²) >= 11 is 9.14. The normalized spacial score (nSPS) is 15.2. The van der Waals surface area contributed by atoms with Crippen LogP contribution in [0.2, 0.25) is 5.02 Å². The lowest BCUT2D eigenvalue weighted by Crippen LogP contribution is -2.50. The molecule has 0 unspecified atom stereocenters. The van der Waals surface area contributed by atoms with Crippen molar-refractivity contribution in [2.45, 2.75) is 11.9 Å². The van der Waals surface area contributed by atoms with Crippen LogP contribution >= 0.6 is 34.7 Å². The lowest BCUT2D eigenvalue weighted by molar-refractivity contribution is -0.136. The number of rotatable bonds is 3. The number of thioether (sulfide) groups is 1. The quantitative estimate of drug-likeness (QED) is 0.669. The van der Waals surface area contributed by atoms with Crippen LogP contribution in [0.5, 0.6) is 0 Å². The first-order valence-electron chi connectivity index (χ1n) is 6.63. The Labute approximate surface area is 140 Å². The molecule has 1 N–H and O–H groups in total. The number of fused-ring (bicyclic) bond motifs is 1. The van der Waals surface area contributed by atoms with E-state index in [0.717, 1.165) is 15.1 Å². The fourth-order valence-corrected chi connectivity index (χ4v) is 4.43. The van der Waals surface area contributed by atoms with Crippen LogP contribution in [-0.2, 0) is 9.59 Å². The maximum absolute atomic E-state index is 12.2. The molecule has 0 aromatic carbocycles. The van der Waals surface area contributed by atoms with Gasteiger partial charge in [-0.25, -0.2) is 9.97 Å². The van der Waals surface area contributed by atoms with Crippen LogP contribution in [0.4, 0.5) is 0 Å². The van der Waals surface area contributed by atoms with Gasteiger partial charge < -0.3 is 10.2 Å². The molecule has 1 aliphatic heterocycles. The highest BCUT2D eigenvalue weighted by Gasteiger charge is 2.22. The van der Waals surface area contributed by atoms with Crippen molar-refractivity contribution in [2.24, 2.45) is 0 Å². The molecule has 3 rings (SSSR count). The van der Waals surface area contributed by atoms with Crippen molar-refractivity contribution in [2.75, 3.05) is 25.4 Å². The molecule has 3 heterocycles. The van der Waals surface area contributed by atoms with Gasteiger partial charge in [0.2, 0.25) is 11.8 Å². The van der Waals surface area contributed by atoms with E-state index in [4.69, 9.17) is 11.6 Å². The molecular weight excluding hydrogens is 344 g/mol. The SMILES string of the molecule is Cc1sc2ncnc(SCC(=O)N3CCNC(=O)C3)c2c1Cl. The molecule has 0 atom stereocenters. The van der Waals surface area contributed by atoms with E-state index >= 15 is 0 Å². The van der Waals surface area contributed by atoms with Crippen molar-refractivity contribution in [1.29, 1.82) is 0 Å². The van der Waals surface area contributed by atoms with Crippen molar-refractivity contribution in [3.63, 3.8) is 0 Å². The number of aryl methyl sites for hydroxylation is 1. The second-order valence-electron chi connectivity index (χ2n) is 4.79. The monoisotopic (exact) mass is 356 g/mol. The Bertz CT molecular complexity index is 749. The summed E-state index contributed by atoms with van der Waals surface area (Å²) in [6.45, 7) is 3.10. The zero-order valence-corrected chi connectivity index (χ0v) is 14.1. The summed E-state index contributed by atoms with van der Waals surface area (Å²) in [6.07, 6.45) is 1.48. The van der Waals surface area contributed by atoms with Gasteiger partial charge in [-0.1, -0.05) is 23.4 Å². The maximum atomic E-state index is 12.2. The van der Waals surface area contributed by atoms with Crippen molar-refractivity contribution in [3.05, 3.63) is 16.2 Å². The maximum Gasteiger partial charge on any atom is 0.239 e. The summed E-state index contributed by atoms with van der Waals surface area (Å²) in [6, 6.07) is 0. The number of piperazine rings is 1. The topological polar surface area (TPSA) is 75.2 Å². The highest BCUT2D eigenvalue weighted by molar-refractivity contribution is 8.00. The lowest BCUT2D eigenvalue weighted by Gasteiger charge is -2.26. The molecule has 6 nitrogen and oxygen atoms in total. The van der Waals surface area contributed by atoms with Gasteiger partial charge in [-0.15, -0.1) is 11.3 Å². The summed E-state index contributed by atoms with van der Waals surface area (Å²) in [5.74, 6) is 0.0326. The smallest absolute Gasteiger partial charge is 0.239 e. The molecule has 0 spiro atoms. The number of hydrogen-bond acceptors (Lipinski definition) is 6. The van der Waals surface area contributed by atoms with E-state index in [2.05, 4.69) is 15.3 Å². The Balaban J connectivity index is 1.74. The van der Waals surface area contributed by atoms with Crippen LogP contribution in [0.1, 0.15) is 4.88 Å². The first kappa shape index (κ1) is 15.5. The number of halogens is 1. The predicted octanol–water partition coefficient (Wildman–Crippen LogP) is 1.70. The molecule has 1 saturated heterocycles. The van der Waals surface area contributed by atoms with Crippen LogP contribution in [0.15, 0.2) is 11.4 Å². The van der Waals surface area contributed by atoms with E-state index in [1.165, 1.54) is 29.4 Å². The zero-order chi connectivity index (χ0) is 15.7. The molecule has 2 amide bonds. The summed E-state index contributed by atoms with van der Waals surface area (Å²) in [5, 5.41) is 4.85. The van der Waals surface area contributed by atoms with Crippen LogP contribution in [-0.4, -0.2) is 52.1 Å². The predicted molar refractivity (Wildman–Crippen MR) is 87.5 cm³/mol. The second kappa shape index (κ2) is 6.39. The number of carbonyl (C=O) groups excluding carboxylic acids is 2. The van der Waals surface area contributed by atoms with E-state index in [1.807, 2.05) is 6.92 Å². The number of amides is 2. The minimum absolute atomic E-state index is 0.0744. The van der Waals surface area contributed by atoms with E-state index < -0.39 is 0 Å². The fraction of sp³-hybridized carbons (Fsp3) is 0.385. The third-order valence-corrected chi connectivity index (χ3v) is 5.85. The molecular formula is C13H13ClN4O2S2. The van der Waals surface area contributed by atoms with Gasteiger partial charge in [-0.3, -0.25) is 9.59 Å². The molecule has 1 aliphatic rings. The van der Waals surface area contributed by atoms with E-state index in [0.29, 0.717) is 23.1 Å². The van der Waals surface area contributed by atoms with Gasteiger partial charge in [0, 0.05) is 18.0 Å². The standard InChI is InChI=1S/C13H13ClN4O2S2/c1-7-11(14)10-12(16-6-17-13(10)22-7)21-5-9(20)18-3-2-15-8(19)4-18/h6H,2-5H2,1H3,(H,15,19). The van der Waals surface area contributed by atoms with Crippen molar-refractivity contribution >= 4 is 56.7 Å². The minimum Gasteiger partial charge on any atom is -0.353 e. The summed E-state index contributed by atoms with van der Waals surface area (Å²) < 4.78 is 0. The number of hydrogen-bond donors (Lipinski definition) is 1. The molecule has 2 aromatic rings. The van der Waals surface area contributed by atoms with Gasteiger partial charge in [0.15, 0.2) is 0 Å². The van der Waals surface area contributed by atoms with Crippen LogP contribution in [0.3, 0.4) is 0 Å². The number of nitrogens with one attached hydrogen (secondary N) is 1. The number of aromatic nitrogens is 2. The summed E-state index contributed by atoms with van der Waals surface area (Å²) in [7, 11) is 0. The van der Waals surface area contributed by atoms with Gasteiger partial charge in [-0.2, -0.15) is 0 Å².